The molecule has 0 amide bonds. The number of hydrogen-bond acceptors (Lipinski definition) is 4. The molecule has 0 bridgehead atoms. The highest BCUT2D eigenvalue weighted by molar-refractivity contribution is 8.13. The Morgan fingerprint density at radius 3 is 2.40 bits per heavy atom. The van der Waals surface area contributed by atoms with Crippen LogP contribution in [0.3, 0.4) is 0 Å². The molecule has 0 unspecified atom stereocenters. The van der Waals surface area contributed by atoms with Crippen LogP contribution in [0.5, 0.6) is 0 Å². The molecule has 0 aliphatic carbocycles. The molecule has 0 saturated heterocycles. The lowest BCUT2D eigenvalue weighted by Crippen LogP contribution is -2.02. The smallest absolute Gasteiger partial charge is 0.258 e. The summed E-state index contributed by atoms with van der Waals surface area (Å²) in [4.78, 5) is 8.82. The van der Waals surface area contributed by atoms with Crippen molar-refractivity contribution < 1.29 is 17.7 Å². The van der Waals surface area contributed by atoms with Crippen molar-refractivity contribution in [2.24, 2.45) is 0 Å². The molecule has 5 nitrogen and oxygen atoms in total. The molecule has 0 saturated carbocycles. The van der Waals surface area contributed by atoms with Gasteiger partial charge in [-0.05, 0) is 18.6 Å². The molecule has 8 heteroatoms. The molecule has 0 N–H and O–H groups in total. The van der Waals surface area contributed by atoms with E-state index in [-0.39, 0.29) is 5.56 Å². The number of benzene rings is 1. The molecule has 0 aliphatic heterocycles. The maximum Gasteiger partial charge on any atom is 0.292 e. The van der Waals surface area contributed by atoms with Crippen LogP contribution in [0.1, 0.15) is 5.56 Å². The lowest BCUT2D eigenvalue weighted by Gasteiger charge is -2.02. The number of nitro benzene ring substituents is 1. The average molecular weight is 254 g/mol. The first-order chi connectivity index (χ1) is 6.73. The zero-order valence-electron chi connectivity index (χ0n) is 7.40. The van der Waals surface area contributed by atoms with Crippen molar-refractivity contribution >= 4 is 25.4 Å². The summed E-state index contributed by atoms with van der Waals surface area (Å²) in [6.45, 7) is 1.23. The van der Waals surface area contributed by atoms with Gasteiger partial charge in [0.2, 0.25) is 0 Å². The Morgan fingerprint density at radius 2 is 2.00 bits per heavy atom. The van der Waals surface area contributed by atoms with Gasteiger partial charge in [-0.3, -0.25) is 10.1 Å². The van der Waals surface area contributed by atoms with Gasteiger partial charge in [0.05, 0.1) is 11.0 Å². The molecule has 15 heavy (non-hydrogen) atoms. The molecule has 0 aromatic heterocycles. The van der Waals surface area contributed by atoms with Crippen molar-refractivity contribution in [3.8, 4) is 0 Å². The fourth-order valence-corrected chi connectivity index (χ4v) is 2.59. The first kappa shape index (κ1) is 11.9. The molecule has 82 valence electrons. The molecule has 1 aromatic rings. The number of halogens is 2. The van der Waals surface area contributed by atoms with E-state index in [0.29, 0.717) is 6.07 Å². The van der Waals surface area contributed by atoms with E-state index in [1.54, 1.807) is 0 Å². The monoisotopic (exact) mass is 253 g/mol. The quantitative estimate of drug-likeness (QED) is 0.459. The van der Waals surface area contributed by atoms with E-state index in [1.165, 1.54) is 6.92 Å². The molecular formula is C7H5ClFNO4S. The summed E-state index contributed by atoms with van der Waals surface area (Å²) in [5.74, 6) is -0.886. The Balaban J connectivity index is 3.70. The van der Waals surface area contributed by atoms with E-state index >= 15 is 0 Å². The van der Waals surface area contributed by atoms with E-state index in [1.807, 2.05) is 0 Å². The van der Waals surface area contributed by atoms with E-state index in [9.17, 15) is 22.9 Å². The Kier molecular flexibility index (Phi) is 2.96. The minimum Gasteiger partial charge on any atom is -0.258 e. The molecule has 0 fully saturated rings. The molecule has 0 atom stereocenters. The van der Waals surface area contributed by atoms with Gasteiger partial charge in [-0.1, -0.05) is 0 Å². The maximum absolute atomic E-state index is 12.8. The summed E-state index contributed by atoms with van der Waals surface area (Å²) in [7, 11) is 0.749. The fourth-order valence-electron chi connectivity index (χ4n) is 1.17. The highest BCUT2D eigenvalue weighted by atomic mass is 35.7. The summed E-state index contributed by atoms with van der Waals surface area (Å²) in [5.41, 5.74) is -0.959. The number of hydrogen-bond donors (Lipinski definition) is 0. The molecule has 1 rings (SSSR count). The fraction of sp³-hybridized carbons (Fsp3) is 0.143. The number of nitro groups is 1. The molecule has 0 heterocycles. The standard InChI is InChI=1S/C7H5ClFNO4S/c1-4-2-5(9)3-6(10(11)12)7(4)15(8,13)14/h2-3H,1H3. The third-order valence-corrected chi connectivity index (χ3v) is 3.14. The second-order valence-electron chi connectivity index (χ2n) is 2.77. The number of aryl methyl sites for hydroxylation is 1. The summed E-state index contributed by atoms with van der Waals surface area (Å²) in [6.07, 6.45) is 0. The van der Waals surface area contributed by atoms with Crippen LogP contribution in [-0.2, 0) is 9.05 Å². The minimum atomic E-state index is -4.26. The topological polar surface area (TPSA) is 77.3 Å². The van der Waals surface area contributed by atoms with Crippen molar-refractivity contribution in [2.45, 2.75) is 11.8 Å². The lowest BCUT2D eigenvalue weighted by atomic mass is 10.2. The van der Waals surface area contributed by atoms with Crippen molar-refractivity contribution in [3.05, 3.63) is 33.6 Å². The summed E-state index contributed by atoms with van der Waals surface area (Å²) in [5, 5.41) is 10.5. The average Bonchev–Trinajstić information content (AvgIpc) is 1.99. The van der Waals surface area contributed by atoms with Crippen molar-refractivity contribution in [1.29, 1.82) is 0 Å². The van der Waals surface area contributed by atoms with Gasteiger partial charge in [0.25, 0.3) is 14.7 Å². The summed E-state index contributed by atoms with van der Waals surface area (Å²) >= 11 is 0. The molecular weight excluding hydrogens is 249 g/mol. The first-order valence-electron chi connectivity index (χ1n) is 3.62. The van der Waals surface area contributed by atoms with Gasteiger partial charge < -0.3 is 0 Å². The Bertz CT molecular complexity index is 528. The van der Waals surface area contributed by atoms with E-state index in [4.69, 9.17) is 10.7 Å². The lowest BCUT2D eigenvalue weighted by molar-refractivity contribution is -0.388. The van der Waals surface area contributed by atoms with Gasteiger partial charge in [-0.15, -0.1) is 0 Å². The predicted molar refractivity (Wildman–Crippen MR) is 50.8 cm³/mol. The second-order valence-corrected chi connectivity index (χ2v) is 5.27. The third-order valence-electron chi connectivity index (χ3n) is 1.66. The molecule has 0 radical (unpaired) electrons. The first-order valence-corrected chi connectivity index (χ1v) is 5.93. The van der Waals surface area contributed by atoms with E-state index in [2.05, 4.69) is 0 Å². The van der Waals surface area contributed by atoms with Crippen molar-refractivity contribution in [2.75, 3.05) is 0 Å². The van der Waals surface area contributed by atoms with Crippen LogP contribution in [0, 0.1) is 22.9 Å². The van der Waals surface area contributed by atoms with Crippen molar-refractivity contribution in [1.82, 2.24) is 0 Å². The zero-order chi connectivity index (χ0) is 11.8. The van der Waals surface area contributed by atoms with Gasteiger partial charge in [0.15, 0.2) is 4.90 Å². The predicted octanol–water partition coefficient (Wildman–Crippen LogP) is 1.97. The van der Waals surface area contributed by atoms with E-state index in [0.717, 1.165) is 6.07 Å². The van der Waals surface area contributed by atoms with E-state index < -0.39 is 30.4 Å². The molecule has 0 aliphatic rings. The SMILES string of the molecule is Cc1cc(F)cc([N+](=O)[O-])c1S(=O)(=O)Cl. The summed E-state index contributed by atoms with van der Waals surface area (Å²) in [6, 6.07) is 1.38. The largest absolute Gasteiger partial charge is 0.292 e. The zero-order valence-corrected chi connectivity index (χ0v) is 8.97. The second kappa shape index (κ2) is 3.74. The van der Waals surface area contributed by atoms with Gasteiger partial charge in [0.1, 0.15) is 5.82 Å². The van der Waals surface area contributed by atoms with Crippen LogP contribution in [0.2, 0.25) is 0 Å². The maximum atomic E-state index is 12.8. The highest BCUT2D eigenvalue weighted by Gasteiger charge is 2.27. The summed E-state index contributed by atoms with van der Waals surface area (Å²) < 4.78 is 34.9. The molecule has 1 aromatic carbocycles. The van der Waals surface area contributed by atoms with Crippen LogP contribution in [0.15, 0.2) is 17.0 Å². The molecule has 0 spiro atoms. The van der Waals surface area contributed by atoms with Crippen LogP contribution in [0.25, 0.3) is 0 Å². The third kappa shape index (κ3) is 2.42. The van der Waals surface area contributed by atoms with Gasteiger partial charge in [0, 0.05) is 10.7 Å². The Hall–Kier alpha value is -1.21. The normalized spacial score (nSPS) is 11.4. The van der Waals surface area contributed by atoms with Gasteiger partial charge in [-0.2, -0.15) is 0 Å². The van der Waals surface area contributed by atoms with Gasteiger partial charge >= 0.3 is 0 Å². The number of rotatable bonds is 2. The van der Waals surface area contributed by atoms with Crippen LogP contribution < -0.4 is 0 Å². The van der Waals surface area contributed by atoms with Gasteiger partial charge in [-0.25, -0.2) is 12.8 Å². The minimum absolute atomic E-state index is 0.100. The van der Waals surface area contributed by atoms with Crippen LogP contribution in [0.4, 0.5) is 10.1 Å². The Labute approximate surface area is 89.0 Å². The van der Waals surface area contributed by atoms with Crippen LogP contribution >= 0.6 is 10.7 Å². The van der Waals surface area contributed by atoms with Crippen molar-refractivity contribution in [3.63, 3.8) is 0 Å². The highest BCUT2D eigenvalue weighted by Crippen LogP contribution is 2.30. The number of nitrogens with zero attached hydrogens (tertiary/aromatic N) is 1. The Morgan fingerprint density at radius 1 is 1.47 bits per heavy atom. The van der Waals surface area contributed by atoms with Crippen LogP contribution in [-0.4, -0.2) is 13.3 Å².